The molecule has 0 bridgehead atoms. The molecule has 1 aromatic carbocycles. The molecular weight excluding hydrogens is 360 g/mol. The molecule has 0 saturated carbocycles. The zero-order valence-electron chi connectivity index (χ0n) is 14.2. The van der Waals surface area contributed by atoms with E-state index in [0.717, 1.165) is 5.56 Å². The minimum atomic E-state index is -3.82. The predicted molar refractivity (Wildman–Crippen MR) is 91.2 cm³/mol. The molecule has 0 saturated heterocycles. The Hall–Kier alpha value is -2.65. The first-order valence-corrected chi connectivity index (χ1v) is 9.36. The molecule has 1 atom stereocenters. The number of amides is 1. The number of hydrogen-bond acceptors (Lipinski definition) is 5. The van der Waals surface area contributed by atoms with Gasteiger partial charge in [-0.1, -0.05) is 24.3 Å². The average molecular weight is 378 g/mol. The van der Waals surface area contributed by atoms with Gasteiger partial charge < -0.3 is 14.4 Å². The van der Waals surface area contributed by atoms with Gasteiger partial charge in [-0.15, -0.1) is 0 Å². The number of aliphatic carboxylic acids is 1. The second kappa shape index (κ2) is 6.58. The first-order valence-electron chi connectivity index (χ1n) is 7.88. The van der Waals surface area contributed by atoms with Crippen molar-refractivity contribution in [1.29, 1.82) is 0 Å². The van der Waals surface area contributed by atoms with Gasteiger partial charge >= 0.3 is 5.97 Å². The Balaban J connectivity index is 1.96. The Bertz CT molecular complexity index is 979. The second-order valence-electron chi connectivity index (χ2n) is 6.02. The number of rotatable bonds is 4. The summed E-state index contributed by atoms with van der Waals surface area (Å²) in [6.07, 6.45) is 0. The lowest BCUT2D eigenvalue weighted by molar-refractivity contribution is -0.139. The fraction of sp³-hybridized carbons (Fsp3) is 0.294. The number of sulfonamides is 1. The van der Waals surface area contributed by atoms with Crippen LogP contribution in [-0.4, -0.2) is 43.9 Å². The highest BCUT2D eigenvalue weighted by molar-refractivity contribution is 7.89. The van der Waals surface area contributed by atoms with E-state index in [2.05, 4.69) is 4.72 Å². The van der Waals surface area contributed by atoms with Crippen LogP contribution in [0.3, 0.4) is 0 Å². The minimum Gasteiger partial charge on any atom is -0.481 e. The monoisotopic (exact) mass is 378 g/mol. The van der Waals surface area contributed by atoms with E-state index in [4.69, 9.17) is 4.42 Å². The van der Waals surface area contributed by atoms with E-state index in [9.17, 15) is 23.1 Å². The van der Waals surface area contributed by atoms with Crippen LogP contribution in [0.1, 0.15) is 33.2 Å². The summed E-state index contributed by atoms with van der Waals surface area (Å²) in [5.41, 5.74) is 1.54. The highest BCUT2D eigenvalue weighted by Gasteiger charge is 2.34. The molecule has 138 valence electrons. The molecule has 3 rings (SSSR count). The molecule has 0 aliphatic carbocycles. The lowest BCUT2D eigenvalue weighted by Gasteiger charge is -2.32. The molecule has 2 aromatic rings. The van der Waals surface area contributed by atoms with E-state index < -0.39 is 27.8 Å². The molecule has 1 unspecified atom stereocenters. The van der Waals surface area contributed by atoms with Gasteiger partial charge in [0.1, 0.15) is 5.76 Å². The Morgan fingerprint density at radius 3 is 2.65 bits per heavy atom. The van der Waals surface area contributed by atoms with Gasteiger partial charge in [-0.25, -0.2) is 13.1 Å². The Morgan fingerprint density at radius 1 is 1.31 bits per heavy atom. The summed E-state index contributed by atoms with van der Waals surface area (Å²) in [5.74, 6) is -2.16. The summed E-state index contributed by atoms with van der Waals surface area (Å²) in [7, 11) is -2.57. The molecule has 1 aliphatic heterocycles. The number of carboxylic acid groups (broad SMARTS) is 1. The van der Waals surface area contributed by atoms with E-state index >= 15 is 0 Å². The van der Waals surface area contributed by atoms with Crippen molar-refractivity contribution in [2.24, 2.45) is 0 Å². The maximum atomic E-state index is 12.9. The smallest absolute Gasteiger partial charge is 0.312 e. The van der Waals surface area contributed by atoms with E-state index in [0.29, 0.717) is 5.56 Å². The summed E-state index contributed by atoms with van der Waals surface area (Å²) in [4.78, 5) is 25.9. The molecule has 1 aliphatic rings. The van der Waals surface area contributed by atoms with Gasteiger partial charge in [-0.05, 0) is 25.1 Å². The topological polar surface area (TPSA) is 117 Å². The summed E-state index contributed by atoms with van der Waals surface area (Å²) in [6, 6.07) is 8.24. The molecule has 2 N–H and O–H groups in total. The molecule has 0 spiro atoms. The van der Waals surface area contributed by atoms with Crippen LogP contribution in [0.2, 0.25) is 0 Å². The van der Waals surface area contributed by atoms with Crippen LogP contribution in [0.15, 0.2) is 39.8 Å². The van der Waals surface area contributed by atoms with Crippen molar-refractivity contribution in [1.82, 2.24) is 9.62 Å². The van der Waals surface area contributed by atoms with Crippen LogP contribution in [-0.2, 0) is 21.4 Å². The molecule has 9 heteroatoms. The Labute approximate surface area is 150 Å². The van der Waals surface area contributed by atoms with Gasteiger partial charge in [0.05, 0.1) is 11.5 Å². The van der Waals surface area contributed by atoms with Gasteiger partial charge in [0, 0.05) is 19.2 Å². The van der Waals surface area contributed by atoms with Gasteiger partial charge in [0.15, 0.2) is 0 Å². The van der Waals surface area contributed by atoms with Crippen molar-refractivity contribution in [3.8, 4) is 0 Å². The third-order valence-corrected chi connectivity index (χ3v) is 5.71. The van der Waals surface area contributed by atoms with Gasteiger partial charge in [0.2, 0.25) is 5.09 Å². The van der Waals surface area contributed by atoms with Crippen molar-refractivity contribution in [3.63, 3.8) is 0 Å². The summed E-state index contributed by atoms with van der Waals surface area (Å²) >= 11 is 0. The molecule has 0 radical (unpaired) electrons. The quantitative estimate of drug-likeness (QED) is 0.829. The summed E-state index contributed by atoms with van der Waals surface area (Å²) < 4.78 is 31.1. The number of aryl methyl sites for hydroxylation is 1. The number of benzene rings is 1. The zero-order valence-corrected chi connectivity index (χ0v) is 15.0. The van der Waals surface area contributed by atoms with Crippen LogP contribution in [0.4, 0.5) is 0 Å². The van der Waals surface area contributed by atoms with Crippen molar-refractivity contribution < 1.29 is 27.5 Å². The first-order chi connectivity index (χ1) is 12.2. The molecule has 1 aromatic heterocycles. The third-order valence-electron chi connectivity index (χ3n) is 4.44. The van der Waals surface area contributed by atoms with Crippen LogP contribution < -0.4 is 4.72 Å². The largest absolute Gasteiger partial charge is 0.481 e. The third kappa shape index (κ3) is 3.11. The van der Waals surface area contributed by atoms with E-state index in [1.54, 1.807) is 24.3 Å². The highest BCUT2D eigenvalue weighted by Crippen LogP contribution is 2.30. The zero-order chi connectivity index (χ0) is 19.1. The normalized spacial score (nSPS) is 17.0. The van der Waals surface area contributed by atoms with Crippen molar-refractivity contribution in [2.45, 2.75) is 24.5 Å². The first kappa shape index (κ1) is 18.2. The number of carbonyl (C=O) groups is 2. The van der Waals surface area contributed by atoms with Gasteiger partial charge in [0.25, 0.3) is 15.9 Å². The number of carboxylic acids is 1. The number of nitrogens with one attached hydrogen (secondary N) is 1. The molecule has 26 heavy (non-hydrogen) atoms. The lowest BCUT2D eigenvalue weighted by atomic mass is 9.89. The van der Waals surface area contributed by atoms with Gasteiger partial charge in [-0.2, -0.15) is 0 Å². The second-order valence-corrected chi connectivity index (χ2v) is 7.84. The maximum Gasteiger partial charge on any atom is 0.312 e. The van der Waals surface area contributed by atoms with E-state index in [1.807, 2.05) is 0 Å². The number of fused-ring (bicyclic) bond motifs is 1. The Morgan fingerprint density at radius 2 is 2.00 bits per heavy atom. The van der Waals surface area contributed by atoms with Crippen molar-refractivity contribution in [3.05, 3.63) is 52.8 Å². The molecule has 1 amide bonds. The predicted octanol–water partition coefficient (Wildman–Crippen LogP) is 1.32. The number of carbonyl (C=O) groups excluding carboxylic acids is 1. The van der Waals surface area contributed by atoms with Gasteiger partial charge in [-0.3, -0.25) is 9.59 Å². The molecule has 0 fully saturated rings. The SMILES string of the molecule is CNS(=O)(=O)c1cc(C(=O)N2Cc3ccccc3C(C(=O)O)C2)c(C)o1. The summed E-state index contributed by atoms with van der Waals surface area (Å²) in [5, 5.41) is 9.15. The average Bonchev–Trinajstić information content (AvgIpc) is 3.02. The van der Waals surface area contributed by atoms with Crippen molar-refractivity contribution in [2.75, 3.05) is 13.6 Å². The lowest BCUT2D eigenvalue weighted by Crippen LogP contribution is -2.40. The van der Waals surface area contributed by atoms with Crippen molar-refractivity contribution >= 4 is 21.9 Å². The highest BCUT2D eigenvalue weighted by atomic mass is 32.2. The van der Waals surface area contributed by atoms with Crippen LogP contribution in [0.5, 0.6) is 0 Å². The van der Waals surface area contributed by atoms with Crippen LogP contribution in [0.25, 0.3) is 0 Å². The molecular formula is C17H18N2O6S. The number of nitrogens with zero attached hydrogens (tertiary/aromatic N) is 1. The summed E-state index contributed by atoms with van der Waals surface area (Å²) in [6.45, 7) is 1.75. The molecule has 2 heterocycles. The minimum absolute atomic E-state index is 0.00388. The molecule has 8 nitrogen and oxygen atoms in total. The van der Waals surface area contributed by atoms with E-state index in [1.165, 1.54) is 24.9 Å². The Kier molecular flexibility index (Phi) is 4.59. The maximum absolute atomic E-state index is 12.9. The fourth-order valence-corrected chi connectivity index (χ4v) is 3.75. The van der Waals surface area contributed by atoms with Crippen LogP contribution >= 0.6 is 0 Å². The van der Waals surface area contributed by atoms with Crippen LogP contribution in [0, 0.1) is 6.92 Å². The number of hydrogen-bond donors (Lipinski definition) is 2. The fourth-order valence-electron chi connectivity index (χ4n) is 3.04. The van der Waals surface area contributed by atoms with E-state index in [-0.39, 0.29) is 29.5 Å². The number of furan rings is 1. The standard InChI is InChI=1S/C17H18N2O6S/c1-10-13(7-15(25-10)26(23,24)18-2)16(20)19-8-11-5-3-4-6-12(11)14(9-19)17(21)22/h3-7,14,18H,8-9H2,1-2H3,(H,21,22).